The number of hydrogen-bond acceptors (Lipinski definition) is 4. The molecule has 0 saturated heterocycles. The molecule has 1 aliphatic heterocycles. The molecule has 1 aromatic heterocycles. The number of aliphatic imine (C=N–C) groups is 1. The van der Waals surface area contributed by atoms with Gasteiger partial charge in [0.15, 0.2) is 12.6 Å². The van der Waals surface area contributed by atoms with Crippen LogP contribution in [0.15, 0.2) is 46.1 Å². The molecule has 0 spiro atoms. The van der Waals surface area contributed by atoms with E-state index in [0.717, 1.165) is 36.9 Å². The summed E-state index contributed by atoms with van der Waals surface area (Å²) < 4.78 is 5.48. The van der Waals surface area contributed by atoms with Crippen molar-refractivity contribution in [2.24, 2.45) is 4.99 Å². The molecule has 1 aliphatic rings. The maximum absolute atomic E-state index is 12.2. The number of guanidine groups is 1. The molecule has 144 valence electrons. The molecule has 27 heavy (non-hydrogen) atoms. The van der Waals surface area contributed by atoms with Crippen LogP contribution >= 0.6 is 11.3 Å². The standard InChI is InChI=1S/C20H26N4O2S/c1-15(16-8-11-27-14-16)12-23-20(21-2)22-9-5-10-24-17-6-3-4-7-18(17)26-13-19(24)25/h3-4,6-8,11,14-15H,5,9-10,12-13H2,1-2H3,(H2,21,22,23). The topological polar surface area (TPSA) is 66.0 Å². The molecule has 0 saturated carbocycles. The largest absolute Gasteiger partial charge is 0.482 e. The zero-order valence-electron chi connectivity index (χ0n) is 15.8. The van der Waals surface area contributed by atoms with Crippen LogP contribution in [0.5, 0.6) is 5.75 Å². The quantitative estimate of drug-likeness (QED) is 0.436. The first-order chi connectivity index (χ1) is 13.2. The fourth-order valence-corrected chi connectivity index (χ4v) is 3.77. The van der Waals surface area contributed by atoms with E-state index in [1.807, 2.05) is 24.3 Å². The molecule has 2 aromatic rings. The summed E-state index contributed by atoms with van der Waals surface area (Å²) in [6, 6.07) is 9.82. The molecule has 0 bridgehead atoms. The molecule has 1 amide bonds. The molecule has 2 N–H and O–H groups in total. The van der Waals surface area contributed by atoms with Crippen molar-refractivity contribution in [1.82, 2.24) is 10.6 Å². The smallest absolute Gasteiger partial charge is 0.265 e. The van der Waals surface area contributed by atoms with E-state index in [2.05, 4.69) is 39.4 Å². The van der Waals surface area contributed by atoms with Gasteiger partial charge < -0.3 is 20.3 Å². The third-order valence-electron chi connectivity index (χ3n) is 4.57. The minimum absolute atomic E-state index is 0.000736. The Morgan fingerprint density at radius 3 is 2.96 bits per heavy atom. The summed E-state index contributed by atoms with van der Waals surface area (Å²) >= 11 is 1.72. The van der Waals surface area contributed by atoms with Gasteiger partial charge in [-0.15, -0.1) is 0 Å². The number of rotatable bonds is 7. The Labute approximate surface area is 164 Å². The van der Waals surface area contributed by atoms with Gasteiger partial charge in [0.2, 0.25) is 0 Å². The number of fused-ring (bicyclic) bond motifs is 1. The minimum Gasteiger partial charge on any atom is -0.482 e. The van der Waals surface area contributed by atoms with E-state index in [0.29, 0.717) is 12.5 Å². The van der Waals surface area contributed by atoms with Crippen LogP contribution in [0.1, 0.15) is 24.8 Å². The van der Waals surface area contributed by atoms with E-state index < -0.39 is 0 Å². The lowest BCUT2D eigenvalue weighted by Gasteiger charge is -2.29. The monoisotopic (exact) mass is 386 g/mol. The number of thiophene rings is 1. The number of carbonyl (C=O) groups is 1. The van der Waals surface area contributed by atoms with Crippen LogP contribution in [0.25, 0.3) is 0 Å². The Hall–Kier alpha value is -2.54. The number of anilines is 1. The van der Waals surface area contributed by atoms with Gasteiger partial charge in [0, 0.05) is 26.7 Å². The summed E-state index contributed by atoms with van der Waals surface area (Å²) in [5.41, 5.74) is 2.19. The number of nitrogens with one attached hydrogen (secondary N) is 2. The SMILES string of the molecule is CN=C(NCCCN1C(=O)COc2ccccc21)NCC(C)c1ccsc1. The fraction of sp³-hybridized carbons (Fsp3) is 0.400. The van der Waals surface area contributed by atoms with Crippen molar-refractivity contribution in [3.63, 3.8) is 0 Å². The number of benzene rings is 1. The van der Waals surface area contributed by atoms with Gasteiger partial charge in [0.1, 0.15) is 5.75 Å². The van der Waals surface area contributed by atoms with E-state index in [9.17, 15) is 4.79 Å². The summed E-state index contributed by atoms with van der Waals surface area (Å²) in [5, 5.41) is 11.0. The molecule has 1 atom stereocenters. The summed E-state index contributed by atoms with van der Waals surface area (Å²) in [7, 11) is 1.77. The van der Waals surface area contributed by atoms with Gasteiger partial charge in [0.05, 0.1) is 5.69 Å². The highest BCUT2D eigenvalue weighted by Gasteiger charge is 2.24. The second-order valence-electron chi connectivity index (χ2n) is 6.49. The summed E-state index contributed by atoms with van der Waals surface area (Å²) in [6.07, 6.45) is 0.820. The van der Waals surface area contributed by atoms with Crippen LogP contribution in [0.3, 0.4) is 0 Å². The first-order valence-corrected chi connectivity index (χ1v) is 10.1. The van der Waals surface area contributed by atoms with Crippen molar-refractivity contribution in [1.29, 1.82) is 0 Å². The van der Waals surface area contributed by atoms with Crippen LogP contribution in [0.4, 0.5) is 5.69 Å². The molecular formula is C20H26N4O2S. The van der Waals surface area contributed by atoms with Crippen LogP contribution in [0.2, 0.25) is 0 Å². The molecule has 0 aliphatic carbocycles. The molecule has 1 unspecified atom stereocenters. The number of ether oxygens (including phenoxy) is 1. The Balaban J connectivity index is 1.43. The third kappa shape index (κ3) is 5.01. The molecule has 0 radical (unpaired) electrons. The van der Waals surface area contributed by atoms with Crippen molar-refractivity contribution >= 4 is 28.9 Å². The highest BCUT2D eigenvalue weighted by Crippen LogP contribution is 2.31. The van der Waals surface area contributed by atoms with Crippen LogP contribution in [0, 0.1) is 0 Å². The first kappa shape index (κ1) is 19.2. The Morgan fingerprint density at radius 2 is 2.19 bits per heavy atom. The van der Waals surface area contributed by atoms with Crippen molar-refractivity contribution in [2.45, 2.75) is 19.3 Å². The van der Waals surface area contributed by atoms with Gasteiger partial charge in [-0.05, 0) is 46.9 Å². The third-order valence-corrected chi connectivity index (χ3v) is 5.27. The normalized spacial score (nSPS) is 15.1. The summed E-state index contributed by atoms with van der Waals surface area (Å²) in [6.45, 7) is 4.51. The minimum atomic E-state index is 0.000736. The van der Waals surface area contributed by atoms with Gasteiger partial charge in [-0.1, -0.05) is 19.1 Å². The number of carbonyl (C=O) groups excluding carboxylic acids is 1. The summed E-state index contributed by atoms with van der Waals surface area (Å²) in [5.74, 6) is 1.98. The van der Waals surface area contributed by atoms with E-state index >= 15 is 0 Å². The van der Waals surface area contributed by atoms with Gasteiger partial charge in [-0.2, -0.15) is 11.3 Å². The van der Waals surface area contributed by atoms with Crippen molar-refractivity contribution < 1.29 is 9.53 Å². The number of para-hydroxylation sites is 2. The zero-order chi connectivity index (χ0) is 19.1. The van der Waals surface area contributed by atoms with E-state index in [-0.39, 0.29) is 12.5 Å². The van der Waals surface area contributed by atoms with Crippen molar-refractivity contribution in [3.05, 3.63) is 46.7 Å². The van der Waals surface area contributed by atoms with Gasteiger partial charge >= 0.3 is 0 Å². The van der Waals surface area contributed by atoms with Crippen molar-refractivity contribution in [2.75, 3.05) is 38.2 Å². The second kappa shape index (κ2) is 9.41. The van der Waals surface area contributed by atoms with Crippen LogP contribution in [-0.4, -0.2) is 45.2 Å². The van der Waals surface area contributed by atoms with Gasteiger partial charge in [-0.25, -0.2) is 0 Å². The lowest BCUT2D eigenvalue weighted by molar-refractivity contribution is -0.121. The molecule has 3 rings (SSSR count). The average molecular weight is 387 g/mol. The maximum Gasteiger partial charge on any atom is 0.265 e. The molecule has 7 heteroatoms. The van der Waals surface area contributed by atoms with E-state index in [1.165, 1.54) is 5.56 Å². The molecule has 6 nitrogen and oxygen atoms in total. The lowest BCUT2D eigenvalue weighted by Crippen LogP contribution is -2.42. The molecule has 2 heterocycles. The number of nitrogens with zero attached hydrogens (tertiary/aromatic N) is 2. The Morgan fingerprint density at radius 1 is 1.33 bits per heavy atom. The second-order valence-corrected chi connectivity index (χ2v) is 7.27. The zero-order valence-corrected chi connectivity index (χ0v) is 16.6. The fourth-order valence-electron chi connectivity index (χ4n) is 2.99. The molecule has 1 aromatic carbocycles. The highest BCUT2D eigenvalue weighted by atomic mass is 32.1. The average Bonchev–Trinajstić information content (AvgIpc) is 3.23. The maximum atomic E-state index is 12.2. The van der Waals surface area contributed by atoms with Gasteiger partial charge in [-0.3, -0.25) is 9.79 Å². The van der Waals surface area contributed by atoms with Crippen LogP contribution in [-0.2, 0) is 4.79 Å². The van der Waals surface area contributed by atoms with Crippen molar-refractivity contribution in [3.8, 4) is 5.75 Å². The predicted molar refractivity (Wildman–Crippen MR) is 111 cm³/mol. The van der Waals surface area contributed by atoms with Crippen LogP contribution < -0.4 is 20.3 Å². The highest BCUT2D eigenvalue weighted by molar-refractivity contribution is 7.07. The number of amides is 1. The van der Waals surface area contributed by atoms with Gasteiger partial charge in [0.25, 0.3) is 5.91 Å². The van der Waals surface area contributed by atoms with E-state index in [1.54, 1.807) is 23.3 Å². The molecular weight excluding hydrogens is 360 g/mol. The summed E-state index contributed by atoms with van der Waals surface area (Å²) in [4.78, 5) is 18.3. The Kier molecular flexibility index (Phi) is 6.70. The molecule has 0 fully saturated rings. The Bertz CT molecular complexity index is 776. The van der Waals surface area contributed by atoms with E-state index in [4.69, 9.17) is 4.74 Å². The first-order valence-electron chi connectivity index (χ1n) is 9.18. The number of hydrogen-bond donors (Lipinski definition) is 2. The lowest BCUT2D eigenvalue weighted by atomic mass is 10.1. The predicted octanol–water partition coefficient (Wildman–Crippen LogP) is 2.83.